The van der Waals surface area contributed by atoms with Crippen molar-refractivity contribution in [3.8, 4) is 0 Å². The summed E-state index contributed by atoms with van der Waals surface area (Å²) in [6.07, 6.45) is 2.88. The predicted octanol–water partition coefficient (Wildman–Crippen LogP) is 2.52. The largest absolute Gasteiger partial charge is 0.313 e. The van der Waals surface area contributed by atoms with E-state index in [1.165, 1.54) is 0 Å². The minimum absolute atomic E-state index is 0.178. The van der Waals surface area contributed by atoms with Gasteiger partial charge in [-0.2, -0.15) is 0 Å². The van der Waals surface area contributed by atoms with Gasteiger partial charge in [0.2, 0.25) is 0 Å². The summed E-state index contributed by atoms with van der Waals surface area (Å²) in [6, 6.07) is 2.35. The smallest absolute Gasteiger partial charge is 0.182 e. The van der Waals surface area contributed by atoms with E-state index in [2.05, 4.69) is 5.32 Å². The molecular weight excluding hydrogens is 284 g/mol. The molecule has 0 bridgehead atoms. The van der Waals surface area contributed by atoms with Crippen LogP contribution in [0.15, 0.2) is 23.1 Å². The van der Waals surface area contributed by atoms with Crippen LogP contribution in [-0.2, 0) is 9.84 Å². The summed E-state index contributed by atoms with van der Waals surface area (Å²) < 4.78 is 51.3. The Morgan fingerprint density at radius 1 is 1.35 bits per heavy atom. The molecule has 20 heavy (non-hydrogen) atoms. The number of halogens is 2. The average Bonchev–Trinajstić information content (AvgIpc) is 3.21. The van der Waals surface area contributed by atoms with E-state index in [0.717, 1.165) is 44.0 Å². The lowest BCUT2D eigenvalue weighted by atomic mass is 10.2. The summed E-state index contributed by atoms with van der Waals surface area (Å²) in [7, 11) is -3.83. The van der Waals surface area contributed by atoms with E-state index in [9.17, 15) is 17.2 Å². The molecule has 6 heteroatoms. The molecule has 1 aliphatic carbocycles. The van der Waals surface area contributed by atoms with E-state index in [0.29, 0.717) is 5.92 Å². The van der Waals surface area contributed by atoms with Crippen molar-refractivity contribution >= 4 is 9.84 Å². The SMILES string of the molecule is CCCNC(CS(=O)(=O)c1cc(F)ccc1F)C1CC1. The molecule has 2 rings (SSSR count). The molecule has 1 atom stereocenters. The molecule has 1 aromatic carbocycles. The summed E-state index contributed by atoms with van der Waals surface area (Å²) in [5, 5.41) is 3.20. The average molecular weight is 303 g/mol. The van der Waals surface area contributed by atoms with Crippen molar-refractivity contribution in [1.29, 1.82) is 0 Å². The van der Waals surface area contributed by atoms with Gasteiger partial charge in [0.05, 0.1) is 5.75 Å². The van der Waals surface area contributed by atoms with Gasteiger partial charge in [-0.1, -0.05) is 6.92 Å². The van der Waals surface area contributed by atoms with E-state index < -0.39 is 26.4 Å². The Morgan fingerprint density at radius 3 is 2.65 bits per heavy atom. The van der Waals surface area contributed by atoms with Crippen LogP contribution >= 0.6 is 0 Å². The second kappa shape index (κ2) is 6.18. The zero-order chi connectivity index (χ0) is 14.8. The lowest BCUT2D eigenvalue weighted by Crippen LogP contribution is -2.38. The minimum Gasteiger partial charge on any atom is -0.313 e. The van der Waals surface area contributed by atoms with Crippen molar-refractivity contribution in [2.75, 3.05) is 12.3 Å². The summed E-state index contributed by atoms with van der Waals surface area (Å²) in [5.41, 5.74) is 0. The third kappa shape index (κ3) is 3.76. The molecular formula is C14H19F2NO2S. The Labute approximate surface area is 118 Å². The molecule has 3 nitrogen and oxygen atoms in total. The van der Waals surface area contributed by atoms with Crippen LogP contribution in [0.5, 0.6) is 0 Å². The summed E-state index contributed by atoms with van der Waals surface area (Å²) >= 11 is 0. The fourth-order valence-corrected chi connectivity index (χ4v) is 3.93. The first-order valence-corrected chi connectivity index (χ1v) is 8.50. The number of benzene rings is 1. The molecule has 0 saturated heterocycles. The Hall–Kier alpha value is -1.01. The molecule has 1 aliphatic rings. The van der Waals surface area contributed by atoms with E-state index in [-0.39, 0.29) is 11.8 Å². The second-order valence-corrected chi connectivity index (χ2v) is 7.26. The first kappa shape index (κ1) is 15.4. The molecule has 1 N–H and O–H groups in total. The van der Waals surface area contributed by atoms with Gasteiger partial charge in [-0.3, -0.25) is 0 Å². The number of hydrogen-bond donors (Lipinski definition) is 1. The van der Waals surface area contributed by atoms with Crippen molar-refractivity contribution in [2.45, 2.75) is 37.1 Å². The first-order chi connectivity index (χ1) is 9.44. The van der Waals surface area contributed by atoms with Gasteiger partial charge in [0, 0.05) is 6.04 Å². The van der Waals surface area contributed by atoms with E-state index in [1.807, 2.05) is 6.92 Å². The molecule has 0 amide bonds. The van der Waals surface area contributed by atoms with Crippen LogP contribution in [-0.4, -0.2) is 26.8 Å². The first-order valence-electron chi connectivity index (χ1n) is 6.85. The molecule has 1 aromatic rings. The van der Waals surface area contributed by atoms with Crippen LogP contribution in [0.1, 0.15) is 26.2 Å². The zero-order valence-corrected chi connectivity index (χ0v) is 12.2. The molecule has 0 aliphatic heterocycles. The van der Waals surface area contributed by atoms with Gasteiger partial charge in [-0.15, -0.1) is 0 Å². The molecule has 1 saturated carbocycles. The maximum Gasteiger partial charge on any atom is 0.182 e. The highest BCUT2D eigenvalue weighted by atomic mass is 32.2. The normalized spacial score (nSPS) is 17.1. The van der Waals surface area contributed by atoms with Gasteiger partial charge in [0.1, 0.15) is 16.5 Å². The van der Waals surface area contributed by atoms with Crippen LogP contribution in [0.25, 0.3) is 0 Å². The Balaban J connectivity index is 2.18. The van der Waals surface area contributed by atoms with Gasteiger partial charge >= 0.3 is 0 Å². The molecule has 0 radical (unpaired) electrons. The second-order valence-electron chi connectivity index (χ2n) is 5.25. The van der Waals surface area contributed by atoms with Crippen LogP contribution in [0.4, 0.5) is 8.78 Å². The maximum atomic E-state index is 13.6. The van der Waals surface area contributed by atoms with Gasteiger partial charge in [0.25, 0.3) is 0 Å². The molecule has 0 heterocycles. The topological polar surface area (TPSA) is 46.2 Å². The standard InChI is InChI=1S/C14H19F2NO2S/c1-2-7-17-13(10-3-4-10)9-20(18,19)14-8-11(15)5-6-12(14)16/h5-6,8,10,13,17H,2-4,7,9H2,1H3. The highest BCUT2D eigenvalue weighted by molar-refractivity contribution is 7.91. The number of sulfone groups is 1. The minimum atomic E-state index is -3.83. The van der Waals surface area contributed by atoms with E-state index in [4.69, 9.17) is 0 Å². The summed E-state index contributed by atoms with van der Waals surface area (Å²) in [5.74, 6) is -1.49. The van der Waals surface area contributed by atoms with Crippen molar-refractivity contribution in [3.05, 3.63) is 29.8 Å². The van der Waals surface area contributed by atoms with Crippen molar-refractivity contribution < 1.29 is 17.2 Å². The predicted molar refractivity (Wildman–Crippen MR) is 73.2 cm³/mol. The summed E-state index contributed by atoms with van der Waals surface area (Å²) in [4.78, 5) is -0.540. The van der Waals surface area contributed by atoms with Crippen LogP contribution in [0.3, 0.4) is 0 Å². The number of rotatable bonds is 7. The fraction of sp³-hybridized carbons (Fsp3) is 0.571. The maximum absolute atomic E-state index is 13.6. The monoisotopic (exact) mass is 303 g/mol. The van der Waals surface area contributed by atoms with Gasteiger partial charge in [-0.05, 0) is 49.9 Å². The van der Waals surface area contributed by atoms with E-state index in [1.54, 1.807) is 0 Å². The van der Waals surface area contributed by atoms with E-state index >= 15 is 0 Å². The zero-order valence-electron chi connectivity index (χ0n) is 11.4. The van der Waals surface area contributed by atoms with Gasteiger partial charge in [0.15, 0.2) is 9.84 Å². The summed E-state index contributed by atoms with van der Waals surface area (Å²) in [6.45, 7) is 2.72. The van der Waals surface area contributed by atoms with Crippen molar-refractivity contribution in [3.63, 3.8) is 0 Å². The third-order valence-electron chi connectivity index (χ3n) is 3.47. The quantitative estimate of drug-likeness (QED) is 0.842. The van der Waals surface area contributed by atoms with Crippen molar-refractivity contribution in [1.82, 2.24) is 5.32 Å². The fourth-order valence-electron chi connectivity index (χ4n) is 2.23. The Bertz CT molecular complexity index is 571. The molecule has 112 valence electrons. The number of nitrogens with one attached hydrogen (secondary N) is 1. The lowest BCUT2D eigenvalue weighted by molar-refractivity contribution is 0.486. The number of hydrogen-bond acceptors (Lipinski definition) is 3. The highest BCUT2D eigenvalue weighted by Crippen LogP contribution is 2.34. The van der Waals surface area contributed by atoms with Crippen molar-refractivity contribution in [2.24, 2.45) is 5.92 Å². The molecule has 0 spiro atoms. The Morgan fingerprint density at radius 2 is 2.05 bits per heavy atom. The Kier molecular flexibility index (Phi) is 4.75. The van der Waals surface area contributed by atoms with Crippen LogP contribution < -0.4 is 5.32 Å². The highest BCUT2D eigenvalue weighted by Gasteiger charge is 2.35. The van der Waals surface area contributed by atoms with Crippen LogP contribution in [0, 0.1) is 17.6 Å². The molecule has 0 aromatic heterocycles. The molecule has 1 fully saturated rings. The van der Waals surface area contributed by atoms with Crippen LogP contribution in [0.2, 0.25) is 0 Å². The third-order valence-corrected chi connectivity index (χ3v) is 5.26. The molecule has 1 unspecified atom stereocenters. The lowest BCUT2D eigenvalue weighted by Gasteiger charge is -2.18. The van der Waals surface area contributed by atoms with Gasteiger partial charge in [-0.25, -0.2) is 17.2 Å². The van der Waals surface area contributed by atoms with Gasteiger partial charge < -0.3 is 5.32 Å².